The van der Waals surface area contributed by atoms with E-state index in [0.29, 0.717) is 6.54 Å². The molecule has 4 rings (SSSR count). The molecule has 7 nitrogen and oxygen atoms in total. The van der Waals surface area contributed by atoms with Crippen molar-refractivity contribution in [1.82, 2.24) is 25.1 Å². The molecule has 0 bridgehead atoms. The summed E-state index contributed by atoms with van der Waals surface area (Å²) in [7, 11) is 0. The van der Waals surface area contributed by atoms with Crippen LogP contribution in [0, 0.1) is 19.3 Å². The first-order valence-corrected chi connectivity index (χ1v) is 8.52. The van der Waals surface area contributed by atoms with Gasteiger partial charge in [0.15, 0.2) is 0 Å². The topological polar surface area (TPSA) is 87.6 Å². The summed E-state index contributed by atoms with van der Waals surface area (Å²) in [5, 5.41) is 10.3. The second-order valence-corrected chi connectivity index (χ2v) is 6.98. The first-order valence-electron chi connectivity index (χ1n) is 8.52. The zero-order valence-corrected chi connectivity index (χ0v) is 14.5. The molecular weight excluding hydrogens is 316 g/mol. The number of hydrogen-bond acceptors (Lipinski definition) is 3. The Balaban J connectivity index is 1.40. The Morgan fingerprint density at radius 2 is 2.20 bits per heavy atom. The molecule has 3 aromatic rings. The Morgan fingerprint density at radius 3 is 2.92 bits per heavy atom. The number of H-pyrrole nitrogens is 1. The Hall–Kier alpha value is -2.83. The number of nitrogens with zero attached hydrogens (tertiary/aromatic N) is 3. The van der Waals surface area contributed by atoms with Crippen LogP contribution in [0.4, 0.5) is 10.5 Å². The highest BCUT2D eigenvalue weighted by Gasteiger charge is 2.43. The van der Waals surface area contributed by atoms with Gasteiger partial charge in [-0.05, 0) is 49.9 Å². The summed E-state index contributed by atoms with van der Waals surface area (Å²) < 4.78 is 1.94. The van der Waals surface area contributed by atoms with Gasteiger partial charge in [0, 0.05) is 36.6 Å². The van der Waals surface area contributed by atoms with Gasteiger partial charge in [0.25, 0.3) is 0 Å². The number of amides is 2. The monoisotopic (exact) mass is 338 g/mol. The van der Waals surface area contributed by atoms with Gasteiger partial charge in [-0.15, -0.1) is 0 Å². The Morgan fingerprint density at radius 1 is 1.36 bits per heavy atom. The molecule has 0 saturated heterocycles. The van der Waals surface area contributed by atoms with E-state index in [1.165, 1.54) is 0 Å². The van der Waals surface area contributed by atoms with Gasteiger partial charge in [-0.1, -0.05) is 0 Å². The molecule has 1 aliphatic carbocycles. The molecule has 2 heterocycles. The van der Waals surface area contributed by atoms with Gasteiger partial charge in [-0.25, -0.2) is 9.78 Å². The number of urea groups is 1. The third-order valence-electron chi connectivity index (χ3n) is 5.17. The summed E-state index contributed by atoms with van der Waals surface area (Å²) >= 11 is 0. The molecule has 1 aliphatic rings. The number of fused-ring (bicyclic) bond motifs is 1. The smallest absolute Gasteiger partial charge is 0.319 e. The lowest BCUT2D eigenvalue weighted by Gasteiger charge is -2.17. The van der Waals surface area contributed by atoms with Crippen molar-refractivity contribution in [2.24, 2.45) is 5.41 Å². The van der Waals surface area contributed by atoms with Crippen LogP contribution in [0.1, 0.15) is 24.0 Å². The van der Waals surface area contributed by atoms with Crippen LogP contribution in [-0.4, -0.2) is 32.3 Å². The van der Waals surface area contributed by atoms with Crippen molar-refractivity contribution in [3.8, 4) is 0 Å². The fourth-order valence-electron chi connectivity index (χ4n) is 3.21. The Kier molecular flexibility index (Phi) is 3.71. The van der Waals surface area contributed by atoms with Gasteiger partial charge in [0.05, 0.1) is 17.4 Å². The van der Waals surface area contributed by atoms with Crippen molar-refractivity contribution >= 4 is 22.8 Å². The molecule has 0 unspecified atom stereocenters. The number of nitrogens with one attached hydrogen (secondary N) is 3. The highest BCUT2D eigenvalue weighted by Crippen LogP contribution is 2.46. The van der Waals surface area contributed by atoms with E-state index < -0.39 is 0 Å². The summed E-state index contributed by atoms with van der Waals surface area (Å²) in [5.74, 6) is 0. The summed E-state index contributed by atoms with van der Waals surface area (Å²) in [6.07, 6.45) is 7.66. The van der Waals surface area contributed by atoms with Crippen LogP contribution in [-0.2, 0) is 6.54 Å². The summed E-state index contributed by atoms with van der Waals surface area (Å²) in [6.45, 7) is 5.52. The second kappa shape index (κ2) is 5.91. The summed E-state index contributed by atoms with van der Waals surface area (Å²) in [4.78, 5) is 19.8. The van der Waals surface area contributed by atoms with Crippen LogP contribution in [0.2, 0.25) is 0 Å². The average Bonchev–Trinajstić information content (AvgIpc) is 2.99. The van der Waals surface area contributed by atoms with Crippen LogP contribution in [0.25, 0.3) is 11.0 Å². The van der Waals surface area contributed by atoms with Gasteiger partial charge in [0.1, 0.15) is 0 Å². The Bertz CT molecular complexity index is 907. The molecule has 0 radical (unpaired) electrons. The van der Waals surface area contributed by atoms with Gasteiger partial charge in [-0.3, -0.25) is 4.68 Å². The number of hydrogen-bond donors (Lipinski definition) is 3. The zero-order chi connectivity index (χ0) is 17.4. The van der Waals surface area contributed by atoms with E-state index in [2.05, 4.69) is 25.7 Å². The summed E-state index contributed by atoms with van der Waals surface area (Å²) in [6, 6.07) is 3.68. The number of imidazole rings is 1. The lowest BCUT2D eigenvalue weighted by Crippen LogP contribution is -2.35. The lowest BCUT2D eigenvalue weighted by molar-refractivity contribution is 0.248. The molecule has 1 fully saturated rings. The molecule has 7 heteroatoms. The first kappa shape index (κ1) is 15.7. The van der Waals surface area contributed by atoms with Crippen LogP contribution >= 0.6 is 0 Å². The van der Waals surface area contributed by atoms with Crippen molar-refractivity contribution in [2.45, 2.75) is 33.2 Å². The first-order chi connectivity index (χ1) is 12.1. The van der Waals surface area contributed by atoms with E-state index in [1.807, 2.05) is 36.9 Å². The van der Waals surface area contributed by atoms with Crippen LogP contribution in [0.3, 0.4) is 0 Å². The van der Waals surface area contributed by atoms with Crippen LogP contribution in [0.5, 0.6) is 0 Å². The minimum Gasteiger partial charge on any atom is -0.345 e. The number of carbonyl (C=O) groups is 1. The van der Waals surface area contributed by atoms with Gasteiger partial charge in [0.2, 0.25) is 0 Å². The number of aromatic nitrogens is 4. The lowest BCUT2D eigenvalue weighted by atomic mass is 10.1. The van der Waals surface area contributed by atoms with Gasteiger partial charge in [-0.2, -0.15) is 5.10 Å². The van der Waals surface area contributed by atoms with E-state index in [1.54, 1.807) is 12.5 Å². The molecule has 2 aromatic heterocycles. The third kappa shape index (κ3) is 3.09. The molecule has 1 saturated carbocycles. The van der Waals surface area contributed by atoms with Crippen molar-refractivity contribution in [2.75, 3.05) is 11.9 Å². The molecule has 130 valence electrons. The van der Waals surface area contributed by atoms with E-state index in [0.717, 1.165) is 47.2 Å². The van der Waals surface area contributed by atoms with Gasteiger partial charge >= 0.3 is 6.03 Å². The van der Waals surface area contributed by atoms with E-state index >= 15 is 0 Å². The number of rotatable bonds is 5. The molecule has 0 aliphatic heterocycles. The number of aromatic amines is 1. The molecule has 3 N–H and O–H groups in total. The number of benzene rings is 1. The third-order valence-corrected chi connectivity index (χ3v) is 5.17. The van der Waals surface area contributed by atoms with Crippen molar-refractivity contribution in [1.29, 1.82) is 0 Å². The number of carbonyl (C=O) groups excluding carboxylic acids is 1. The second-order valence-electron chi connectivity index (χ2n) is 6.98. The normalized spacial score (nSPS) is 15.3. The molecule has 1 aromatic carbocycles. The van der Waals surface area contributed by atoms with E-state index in [9.17, 15) is 4.79 Å². The minimum atomic E-state index is -0.173. The fraction of sp³-hybridized carbons (Fsp3) is 0.389. The largest absolute Gasteiger partial charge is 0.345 e. The molecular formula is C18H22N6O. The fourth-order valence-corrected chi connectivity index (χ4v) is 3.21. The predicted molar refractivity (Wildman–Crippen MR) is 96.5 cm³/mol. The van der Waals surface area contributed by atoms with E-state index in [4.69, 9.17) is 0 Å². The number of aryl methyl sites for hydroxylation is 1. The van der Waals surface area contributed by atoms with Crippen LogP contribution < -0.4 is 10.6 Å². The summed E-state index contributed by atoms with van der Waals surface area (Å²) in [5.41, 5.74) is 4.93. The van der Waals surface area contributed by atoms with Crippen molar-refractivity contribution in [3.63, 3.8) is 0 Å². The van der Waals surface area contributed by atoms with Crippen molar-refractivity contribution < 1.29 is 4.79 Å². The van der Waals surface area contributed by atoms with Crippen molar-refractivity contribution in [3.05, 3.63) is 42.0 Å². The van der Waals surface area contributed by atoms with Gasteiger partial charge < -0.3 is 15.6 Å². The minimum absolute atomic E-state index is 0.141. The molecule has 0 atom stereocenters. The molecule has 25 heavy (non-hydrogen) atoms. The SMILES string of the molecule is Cc1c(NC(=O)NCC2(Cn3cccn3)CC2)cc2[nH]cnc2c1C. The highest BCUT2D eigenvalue weighted by molar-refractivity contribution is 5.94. The Labute approximate surface area is 145 Å². The van der Waals surface area contributed by atoms with Crippen LogP contribution in [0.15, 0.2) is 30.9 Å². The predicted octanol–water partition coefficient (Wildman–Crippen LogP) is 2.98. The number of anilines is 1. The maximum absolute atomic E-state index is 12.4. The van der Waals surface area contributed by atoms with E-state index in [-0.39, 0.29) is 11.4 Å². The highest BCUT2D eigenvalue weighted by atomic mass is 16.2. The maximum atomic E-state index is 12.4. The standard InChI is InChI=1S/C18H22N6O/c1-12-13(2)16-15(20-11-21-16)8-14(12)23-17(25)19-9-18(4-5-18)10-24-7-3-6-22-24/h3,6-8,11H,4-5,9-10H2,1-2H3,(H,20,21)(H2,19,23,25). The molecule has 0 spiro atoms. The molecule has 2 amide bonds. The quantitative estimate of drug-likeness (QED) is 0.668. The zero-order valence-electron chi connectivity index (χ0n) is 14.5. The maximum Gasteiger partial charge on any atom is 0.319 e. The average molecular weight is 338 g/mol.